The Balaban J connectivity index is 1.77. The zero-order valence-electron chi connectivity index (χ0n) is 15.5. The number of carbonyl (C=O) groups is 1. The number of amides is 1. The SMILES string of the molecule is Cc1ccc(-c2csc3ncn(NC(=O)C4CCCC4)c(=O)c23)cc1C(F)(F)F. The molecule has 3 aromatic rings. The minimum Gasteiger partial charge on any atom is -0.273 e. The van der Waals surface area contributed by atoms with Crippen LogP contribution in [0, 0.1) is 12.8 Å². The topological polar surface area (TPSA) is 64.0 Å². The van der Waals surface area contributed by atoms with Crippen LogP contribution in [0.4, 0.5) is 13.2 Å². The molecule has 0 radical (unpaired) electrons. The Labute approximate surface area is 168 Å². The number of nitrogens with one attached hydrogen (secondary N) is 1. The van der Waals surface area contributed by atoms with E-state index in [0.29, 0.717) is 10.4 Å². The average Bonchev–Trinajstić information content (AvgIpc) is 3.33. The molecule has 152 valence electrons. The van der Waals surface area contributed by atoms with Gasteiger partial charge in [0.05, 0.1) is 10.9 Å². The summed E-state index contributed by atoms with van der Waals surface area (Å²) in [6.07, 6.45) is 0.280. The van der Waals surface area contributed by atoms with Crippen LogP contribution in [0.1, 0.15) is 36.8 Å². The molecule has 1 aliphatic rings. The van der Waals surface area contributed by atoms with Gasteiger partial charge in [-0.15, -0.1) is 11.3 Å². The molecule has 0 aliphatic heterocycles. The number of rotatable bonds is 3. The van der Waals surface area contributed by atoms with Gasteiger partial charge in [0.25, 0.3) is 5.56 Å². The van der Waals surface area contributed by atoms with Gasteiger partial charge in [-0.25, -0.2) is 9.66 Å². The monoisotopic (exact) mass is 421 g/mol. The van der Waals surface area contributed by atoms with Crippen LogP contribution in [0.25, 0.3) is 21.3 Å². The van der Waals surface area contributed by atoms with Gasteiger partial charge in [-0.2, -0.15) is 13.2 Å². The molecule has 0 saturated heterocycles. The number of nitrogens with zero attached hydrogens (tertiary/aromatic N) is 2. The number of benzene rings is 1. The molecule has 0 unspecified atom stereocenters. The fourth-order valence-electron chi connectivity index (χ4n) is 3.72. The van der Waals surface area contributed by atoms with Gasteiger partial charge in [0.1, 0.15) is 11.2 Å². The molecule has 29 heavy (non-hydrogen) atoms. The summed E-state index contributed by atoms with van der Waals surface area (Å²) in [5, 5.41) is 1.81. The van der Waals surface area contributed by atoms with E-state index in [2.05, 4.69) is 10.4 Å². The van der Waals surface area contributed by atoms with Crippen LogP contribution < -0.4 is 11.0 Å². The first-order valence-corrected chi connectivity index (χ1v) is 10.1. The molecule has 0 spiro atoms. The summed E-state index contributed by atoms with van der Waals surface area (Å²) in [5.41, 5.74) is 2.10. The molecule has 1 aliphatic carbocycles. The summed E-state index contributed by atoms with van der Waals surface area (Å²) in [6.45, 7) is 1.39. The number of carbonyl (C=O) groups excluding carboxylic acids is 1. The summed E-state index contributed by atoms with van der Waals surface area (Å²) in [6, 6.07) is 3.99. The molecule has 5 nitrogen and oxygen atoms in total. The second kappa shape index (κ2) is 7.29. The predicted octanol–water partition coefficient (Wildman–Crippen LogP) is 4.71. The summed E-state index contributed by atoms with van der Waals surface area (Å²) < 4.78 is 40.9. The van der Waals surface area contributed by atoms with Crippen molar-refractivity contribution in [1.29, 1.82) is 0 Å². The Kier molecular flexibility index (Phi) is 4.94. The van der Waals surface area contributed by atoms with E-state index >= 15 is 0 Å². The molecule has 0 atom stereocenters. The highest BCUT2D eigenvalue weighted by Gasteiger charge is 2.33. The van der Waals surface area contributed by atoms with E-state index in [1.807, 2.05) is 0 Å². The summed E-state index contributed by atoms with van der Waals surface area (Å²) in [4.78, 5) is 30.0. The van der Waals surface area contributed by atoms with Crippen molar-refractivity contribution in [3.05, 3.63) is 51.4 Å². The van der Waals surface area contributed by atoms with Gasteiger partial charge in [-0.1, -0.05) is 25.0 Å². The van der Waals surface area contributed by atoms with Crippen LogP contribution in [-0.2, 0) is 11.0 Å². The Morgan fingerprint density at radius 2 is 2.00 bits per heavy atom. The van der Waals surface area contributed by atoms with E-state index in [1.165, 1.54) is 30.7 Å². The van der Waals surface area contributed by atoms with E-state index in [0.717, 1.165) is 36.4 Å². The molecule has 2 heterocycles. The molecule has 0 bridgehead atoms. The molecule has 1 N–H and O–H groups in total. The highest BCUT2D eigenvalue weighted by atomic mass is 32.1. The first-order valence-electron chi connectivity index (χ1n) is 9.23. The van der Waals surface area contributed by atoms with Crippen molar-refractivity contribution in [2.24, 2.45) is 5.92 Å². The van der Waals surface area contributed by atoms with Crippen molar-refractivity contribution in [3.63, 3.8) is 0 Å². The van der Waals surface area contributed by atoms with Gasteiger partial charge in [0, 0.05) is 16.9 Å². The number of alkyl halides is 3. The number of halogens is 3. The van der Waals surface area contributed by atoms with Gasteiger partial charge in [0.15, 0.2) is 0 Å². The van der Waals surface area contributed by atoms with Gasteiger partial charge < -0.3 is 0 Å². The van der Waals surface area contributed by atoms with Gasteiger partial charge in [0.2, 0.25) is 5.91 Å². The van der Waals surface area contributed by atoms with E-state index in [1.54, 1.807) is 11.4 Å². The minimum absolute atomic E-state index is 0.111. The van der Waals surface area contributed by atoms with Crippen molar-refractivity contribution in [2.45, 2.75) is 38.8 Å². The van der Waals surface area contributed by atoms with Gasteiger partial charge in [-0.05, 0) is 37.0 Å². The highest BCUT2D eigenvalue weighted by Crippen LogP contribution is 2.37. The van der Waals surface area contributed by atoms with Gasteiger partial charge >= 0.3 is 6.18 Å². The third kappa shape index (κ3) is 3.66. The lowest BCUT2D eigenvalue weighted by Crippen LogP contribution is -2.35. The molecular formula is C20H18F3N3O2S. The molecule has 9 heteroatoms. The van der Waals surface area contributed by atoms with E-state index in [4.69, 9.17) is 0 Å². The fourth-order valence-corrected chi connectivity index (χ4v) is 4.62. The largest absolute Gasteiger partial charge is 0.416 e. The molecule has 4 rings (SSSR count). The Morgan fingerprint density at radius 3 is 2.69 bits per heavy atom. The zero-order chi connectivity index (χ0) is 20.8. The normalized spacial score (nSPS) is 15.2. The average molecular weight is 421 g/mol. The third-order valence-corrected chi connectivity index (χ3v) is 6.19. The molecule has 1 amide bonds. The first-order chi connectivity index (χ1) is 13.8. The molecule has 1 fully saturated rings. The second-order valence-corrected chi connectivity index (χ2v) is 8.09. The van der Waals surface area contributed by atoms with Crippen LogP contribution in [0.3, 0.4) is 0 Å². The van der Waals surface area contributed by atoms with Crippen molar-refractivity contribution in [3.8, 4) is 11.1 Å². The highest BCUT2D eigenvalue weighted by molar-refractivity contribution is 7.17. The van der Waals surface area contributed by atoms with Crippen molar-refractivity contribution < 1.29 is 18.0 Å². The number of aromatic nitrogens is 2. The maximum atomic E-state index is 13.3. The minimum atomic E-state index is -4.49. The number of fused-ring (bicyclic) bond motifs is 1. The Hall–Kier alpha value is -2.68. The molecule has 1 saturated carbocycles. The van der Waals surface area contributed by atoms with Gasteiger partial charge in [-0.3, -0.25) is 15.0 Å². The smallest absolute Gasteiger partial charge is 0.273 e. The lowest BCUT2D eigenvalue weighted by molar-refractivity contribution is -0.138. The standard InChI is InChI=1S/C20H18F3N3O2S/c1-11-6-7-13(8-15(11)20(21,22)23)14-9-29-18-16(14)19(28)26(10-24-18)25-17(27)12-4-2-3-5-12/h6-10,12H,2-5H2,1H3,(H,25,27). The van der Waals surface area contributed by atoms with Crippen LogP contribution in [0.15, 0.2) is 34.7 Å². The van der Waals surface area contributed by atoms with E-state index in [9.17, 15) is 22.8 Å². The maximum Gasteiger partial charge on any atom is 0.416 e. The van der Waals surface area contributed by atoms with Crippen LogP contribution >= 0.6 is 11.3 Å². The number of hydrogen-bond donors (Lipinski definition) is 1. The third-order valence-electron chi connectivity index (χ3n) is 5.31. The molecule has 2 aromatic heterocycles. The predicted molar refractivity (Wildman–Crippen MR) is 105 cm³/mol. The lowest BCUT2D eigenvalue weighted by atomic mass is 10.00. The quantitative estimate of drug-likeness (QED) is 0.666. The summed E-state index contributed by atoms with van der Waals surface area (Å²) in [7, 11) is 0. The van der Waals surface area contributed by atoms with Crippen LogP contribution in [0.5, 0.6) is 0 Å². The van der Waals surface area contributed by atoms with Crippen LogP contribution in [-0.4, -0.2) is 15.6 Å². The van der Waals surface area contributed by atoms with E-state index < -0.39 is 17.3 Å². The van der Waals surface area contributed by atoms with Crippen molar-refractivity contribution in [2.75, 3.05) is 5.43 Å². The second-order valence-electron chi connectivity index (χ2n) is 7.23. The maximum absolute atomic E-state index is 13.3. The zero-order valence-corrected chi connectivity index (χ0v) is 16.4. The summed E-state index contributed by atoms with van der Waals surface area (Å²) >= 11 is 1.17. The lowest BCUT2D eigenvalue weighted by Gasteiger charge is -2.13. The van der Waals surface area contributed by atoms with Crippen LogP contribution in [0.2, 0.25) is 0 Å². The molecule has 1 aromatic carbocycles. The Bertz CT molecular complexity index is 1140. The van der Waals surface area contributed by atoms with E-state index in [-0.39, 0.29) is 28.3 Å². The number of hydrogen-bond acceptors (Lipinski definition) is 4. The number of thiophene rings is 1. The number of aryl methyl sites for hydroxylation is 1. The van der Waals surface area contributed by atoms with Crippen molar-refractivity contribution in [1.82, 2.24) is 9.66 Å². The molecular weight excluding hydrogens is 403 g/mol. The first kappa shape index (κ1) is 19.6. The Morgan fingerprint density at radius 1 is 1.28 bits per heavy atom. The van der Waals surface area contributed by atoms with Crippen molar-refractivity contribution >= 4 is 27.5 Å². The summed E-state index contributed by atoms with van der Waals surface area (Å²) in [5.74, 6) is -0.372. The fraction of sp³-hybridized carbons (Fsp3) is 0.350.